The number of rotatable bonds is 2. The van der Waals surface area contributed by atoms with E-state index in [-0.39, 0.29) is 12.1 Å². The first-order valence-corrected chi connectivity index (χ1v) is 6.57. The monoisotopic (exact) mass is 266 g/mol. The Labute approximate surface area is 113 Å². The van der Waals surface area contributed by atoms with E-state index in [1.165, 1.54) is 0 Å². The third kappa shape index (κ3) is 3.87. The number of likely N-dealkylation sites (tertiary alicyclic amines) is 1. The number of nitrogens with zero attached hydrogens (tertiary/aromatic N) is 3. The molecular weight excluding hydrogens is 244 g/mol. The summed E-state index contributed by atoms with van der Waals surface area (Å²) in [6.45, 7) is 7.02. The van der Waals surface area contributed by atoms with Gasteiger partial charge in [-0.15, -0.1) is 0 Å². The average Bonchev–Trinajstić information content (AvgIpc) is 2.86. The second kappa shape index (κ2) is 5.11. The fourth-order valence-corrected chi connectivity index (χ4v) is 2.07. The number of ether oxygens (including phenoxy) is 1. The van der Waals surface area contributed by atoms with E-state index in [0.29, 0.717) is 6.54 Å². The van der Waals surface area contributed by atoms with E-state index in [1.807, 2.05) is 40.1 Å². The largest absolute Gasteiger partial charge is 0.444 e. The number of anilines is 1. The standard InChI is InChI=1S/C13H22N4O2/c1-13(2,3)19-12(18)17-8-5-10(9-17)14-11-6-7-16(4)15-11/h6-7,10H,5,8-9H2,1-4H3,(H,14,15). The number of aromatic nitrogens is 2. The first-order valence-electron chi connectivity index (χ1n) is 6.57. The molecule has 1 aliphatic heterocycles. The predicted octanol–water partition coefficient (Wildman–Crippen LogP) is 1.84. The van der Waals surface area contributed by atoms with Crippen LogP contribution in [0.3, 0.4) is 0 Å². The van der Waals surface area contributed by atoms with Gasteiger partial charge in [-0.3, -0.25) is 4.68 Å². The van der Waals surface area contributed by atoms with Gasteiger partial charge in [0, 0.05) is 38.4 Å². The van der Waals surface area contributed by atoms with Gasteiger partial charge in [-0.1, -0.05) is 0 Å². The third-order valence-corrected chi connectivity index (χ3v) is 2.91. The first kappa shape index (κ1) is 13.7. The normalized spacial score (nSPS) is 19.6. The molecule has 2 heterocycles. The summed E-state index contributed by atoms with van der Waals surface area (Å²) in [7, 11) is 1.88. The van der Waals surface area contributed by atoms with E-state index >= 15 is 0 Å². The maximum Gasteiger partial charge on any atom is 0.410 e. The van der Waals surface area contributed by atoms with Gasteiger partial charge in [-0.25, -0.2) is 4.79 Å². The summed E-state index contributed by atoms with van der Waals surface area (Å²) >= 11 is 0. The second-order valence-corrected chi connectivity index (χ2v) is 5.93. The molecular formula is C13H22N4O2. The van der Waals surface area contributed by atoms with Gasteiger partial charge in [0.2, 0.25) is 0 Å². The Bertz CT molecular complexity index is 450. The quantitative estimate of drug-likeness (QED) is 0.887. The molecule has 1 N–H and O–H groups in total. The van der Waals surface area contributed by atoms with Crippen LogP contribution in [0.25, 0.3) is 0 Å². The van der Waals surface area contributed by atoms with Crippen molar-refractivity contribution < 1.29 is 9.53 Å². The number of hydrogen-bond donors (Lipinski definition) is 1. The van der Waals surface area contributed by atoms with E-state index < -0.39 is 5.60 Å². The van der Waals surface area contributed by atoms with Crippen molar-refractivity contribution in [1.82, 2.24) is 14.7 Å². The number of amides is 1. The Morgan fingerprint density at radius 2 is 2.26 bits per heavy atom. The highest BCUT2D eigenvalue weighted by Gasteiger charge is 2.29. The minimum absolute atomic E-state index is 0.238. The van der Waals surface area contributed by atoms with Crippen molar-refractivity contribution in [2.24, 2.45) is 7.05 Å². The van der Waals surface area contributed by atoms with Crippen molar-refractivity contribution in [3.8, 4) is 0 Å². The van der Waals surface area contributed by atoms with Crippen molar-refractivity contribution >= 4 is 11.9 Å². The van der Waals surface area contributed by atoms with E-state index in [1.54, 1.807) is 9.58 Å². The highest BCUT2D eigenvalue weighted by atomic mass is 16.6. The first-order chi connectivity index (χ1) is 8.83. The average molecular weight is 266 g/mol. The van der Waals surface area contributed by atoms with Gasteiger partial charge in [-0.2, -0.15) is 5.10 Å². The Morgan fingerprint density at radius 1 is 1.53 bits per heavy atom. The van der Waals surface area contributed by atoms with Crippen molar-refractivity contribution in [3.63, 3.8) is 0 Å². The molecule has 106 valence electrons. The highest BCUT2D eigenvalue weighted by Crippen LogP contribution is 2.17. The summed E-state index contributed by atoms with van der Waals surface area (Å²) in [5.74, 6) is 0.846. The zero-order valence-corrected chi connectivity index (χ0v) is 12.0. The SMILES string of the molecule is Cn1ccc(NC2CCN(C(=O)OC(C)(C)C)C2)n1. The molecule has 6 heteroatoms. The molecule has 0 radical (unpaired) electrons. The summed E-state index contributed by atoms with van der Waals surface area (Å²) in [6, 6.07) is 2.17. The molecule has 0 aromatic carbocycles. The fraction of sp³-hybridized carbons (Fsp3) is 0.692. The van der Waals surface area contributed by atoms with Crippen LogP contribution in [0.5, 0.6) is 0 Å². The molecule has 1 atom stereocenters. The summed E-state index contributed by atoms with van der Waals surface area (Å²) in [4.78, 5) is 13.7. The van der Waals surface area contributed by atoms with Gasteiger partial charge in [0.25, 0.3) is 0 Å². The zero-order valence-electron chi connectivity index (χ0n) is 12.0. The van der Waals surface area contributed by atoms with Crippen LogP contribution in [0.2, 0.25) is 0 Å². The molecule has 0 aliphatic carbocycles. The van der Waals surface area contributed by atoms with Gasteiger partial charge < -0.3 is 15.0 Å². The van der Waals surface area contributed by atoms with Crippen LogP contribution in [0.1, 0.15) is 27.2 Å². The maximum atomic E-state index is 11.9. The number of aryl methyl sites for hydroxylation is 1. The van der Waals surface area contributed by atoms with Crippen LogP contribution in [0.15, 0.2) is 12.3 Å². The van der Waals surface area contributed by atoms with Crippen molar-refractivity contribution in [2.45, 2.75) is 38.8 Å². The van der Waals surface area contributed by atoms with Crippen molar-refractivity contribution in [2.75, 3.05) is 18.4 Å². The molecule has 0 bridgehead atoms. The lowest BCUT2D eigenvalue weighted by atomic mass is 10.2. The Hall–Kier alpha value is -1.72. The van der Waals surface area contributed by atoms with Crippen molar-refractivity contribution in [1.29, 1.82) is 0 Å². The molecule has 1 saturated heterocycles. The van der Waals surface area contributed by atoms with Crippen LogP contribution in [-0.2, 0) is 11.8 Å². The lowest BCUT2D eigenvalue weighted by Crippen LogP contribution is -2.36. The van der Waals surface area contributed by atoms with Gasteiger partial charge >= 0.3 is 6.09 Å². The van der Waals surface area contributed by atoms with E-state index in [9.17, 15) is 4.79 Å². The van der Waals surface area contributed by atoms with E-state index in [2.05, 4.69) is 10.4 Å². The van der Waals surface area contributed by atoms with Crippen LogP contribution in [0, 0.1) is 0 Å². The number of carbonyl (C=O) groups is 1. The molecule has 19 heavy (non-hydrogen) atoms. The predicted molar refractivity (Wildman–Crippen MR) is 73.0 cm³/mol. The van der Waals surface area contributed by atoms with Gasteiger partial charge in [0.05, 0.1) is 0 Å². The summed E-state index contributed by atoms with van der Waals surface area (Å²) in [5, 5.41) is 7.60. The molecule has 1 fully saturated rings. The number of nitrogens with one attached hydrogen (secondary N) is 1. The molecule has 1 aromatic heterocycles. The van der Waals surface area contributed by atoms with E-state index in [0.717, 1.165) is 18.8 Å². The third-order valence-electron chi connectivity index (χ3n) is 2.91. The number of hydrogen-bond acceptors (Lipinski definition) is 4. The fourth-order valence-electron chi connectivity index (χ4n) is 2.07. The molecule has 1 aliphatic rings. The number of carbonyl (C=O) groups excluding carboxylic acids is 1. The minimum Gasteiger partial charge on any atom is -0.444 e. The molecule has 0 saturated carbocycles. The highest BCUT2D eigenvalue weighted by molar-refractivity contribution is 5.68. The zero-order chi connectivity index (χ0) is 14.0. The van der Waals surface area contributed by atoms with Gasteiger partial charge in [0.15, 0.2) is 0 Å². The molecule has 1 aromatic rings. The lowest BCUT2D eigenvalue weighted by Gasteiger charge is -2.24. The Balaban J connectivity index is 1.84. The van der Waals surface area contributed by atoms with Gasteiger partial charge in [0.1, 0.15) is 11.4 Å². The molecule has 1 unspecified atom stereocenters. The molecule has 1 amide bonds. The maximum absolute atomic E-state index is 11.9. The van der Waals surface area contributed by atoms with Crippen LogP contribution >= 0.6 is 0 Å². The van der Waals surface area contributed by atoms with Crippen LogP contribution in [0.4, 0.5) is 10.6 Å². The molecule has 2 rings (SSSR count). The van der Waals surface area contributed by atoms with Gasteiger partial charge in [-0.05, 0) is 27.2 Å². The second-order valence-electron chi connectivity index (χ2n) is 5.93. The van der Waals surface area contributed by atoms with Crippen LogP contribution in [-0.4, -0.2) is 45.5 Å². The smallest absolute Gasteiger partial charge is 0.410 e. The lowest BCUT2D eigenvalue weighted by molar-refractivity contribution is 0.0293. The Morgan fingerprint density at radius 3 is 2.84 bits per heavy atom. The minimum atomic E-state index is -0.441. The Kier molecular flexibility index (Phi) is 3.68. The van der Waals surface area contributed by atoms with E-state index in [4.69, 9.17) is 4.74 Å². The topological polar surface area (TPSA) is 59.4 Å². The van der Waals surface area contributed by atoms with Crippen molar-refractivity contribution in [3.05, 3.63) is 12.3 Å². The summed E-state index contributed by atoms with van der Waals surface area (Å²) < 4.78 is 7.12. The molecule has 0 spiro atoms. The summed E-state index contributed by atoms with van der Waals surface area (Å²) in [5.41, 5.74) is -0.441. The molecule has 6 nitrogen and oxygen atoms in total. The summed E-state index contributed by atoms with van der Waals surface area (Å²) in [6.07, 6.45) is 2.57. The van der Waals surface area contributed by atoms with Crippen LogP contribution < -0.4 is 5.32 Å².